The maximum Gasteiger partial charge on any atom is 0.416 e. The van der Waals surface area contributed by atoms with Gasteiger partial charge in [0, 0.05) is 28.5 Å². The third kappa shape index (κ3) is 2.42. The van der Waals surface area contributed by atoms with Crippen LogP contribution in [0.25, 0.3) is 0 Å². The Morgan fingerprint density at radius 1 is 1.12 bits per heavy atom. The molecule has 2 N–H and O–H groups in total. The van der Waals surface area contributed by atoms with E-state index in [4.69, 9.17) is 0 Å². The molecule has 130 valence electrons. The maximum atomic E-state index is 12.8. The zero-order chi connectivity index (χ0) is 17.8. The summed E-state index contributed by atoms with van der Waals surface area (Å²) in [5, 5.41) is 4.84. The van der Waals surface area contributed by atoms with Gasteiger partial charge in [0.15, 0.2) is 0 Å². The topological polar surface area (TPSA) is 61.4 Å². The van der Waals surface area contributed by atoms with E-state index in [1.165, 1.54) is 12.1 Å². The molecule has 2 saturated heterocycles. The molecule has 0 radical (unpaired) electrons. The van der Waals surface area contributed by atoms with Crippen molar-refractivity contribution in [2.75, 3.05) is 19.6 Å². The van der Waals surface area contributed by atoms with E-state index in [2.05, 4.69) is 10.6 Å². The first-order valence-corrected chi connectivity index (χ1v) is 8.59. The lowest BCUT2D eigenvalue weighted by Gasteiger charge is -2.57. The van der Waals surface area contributed by atoms with Gasteiger partial charge in [0.1, 0.15) is 5.54 Å². The number of nitrogens with zero attached hydrogens (tertiary/aromatic N) is 1. The molecular weight excluding hydrogens is 339 g/mol. The van der Waals surface area contributed by atoms with Crippen LogP contribution < -0.4 is 10.6 Å². The Labute approximate surface area is 140 Å². The Kier molecular flexibility index (Phi) is 3.76. The van der Waals surface area contributed by atoms with Crippen LogP contribution in [0.15, 0.2) is 24.3 Å². The largest absolute Gasteiger partial charge is 0.416 e. The number of carbonyl (C=O) groups is 2. The molecule has 1 unspecified atom stereocenters. The molecule has 2 heterocycles. The number of carbonyl (C=O) groups excluding carboxylic acids is 2. The second-order valence-corrected chi connectivity index (χ2v) is 8.63. The molecule has 1 aromatic rings. The van der Waals surface area contributed by atoms with Crippen molar-refractivity contribution in [3.8, 4) is 0 Å². The molecule has 24 heavy (non-hydrogen) atoms. The average Bonchev–Trinajstić information content (AvgIpc) is 2.46. The van der Waals surface area contributed by atoms with Crippen molar-refractivity contribution >= 4 is 22.1 Å². The van der Waals surface area contributed by atoms with Crippen molar-refractivity contribution in [3.63, 3.8) is 0 Å². The standard InChI is InChI=1S/C15H18F3N3O2Si/c1-13(24,9-2-4-10(5-3-9)15(16,17)18)21-11(22)6-20-12(23)14(21)7-19-8-14/h2-5,19H,6-8H2,1,24H3,(H,20,23). The minimum Gasteiger partial charge on any atom is -0.345 e. The molecule has 2 aliphatic rings. The van der Waals surface area contributed by atoms with Gasteiger partial charge < -0.3 is 15.5 Å². The van der Waals surface area contributed by atoms with Gasteiger partial charge in [-0.05, 0) is 24.6 Å². The van der Waals surface area contributed by atoms with E-state index in [0.29, 0.717) is 28.9 Å². The number of rotatable bonds is 2. The van der Waals surface area contributed by atoms with Crippen LogP contribution in [0.1, 0.15) is 18.1 Å². The number of nitrogens with one attached hydrogen (secondary N) is 2. The van der Waals surface area contributed by atoms with Crippen molar-refractivity contribution < 1.29 is 22.8 Å². The summed E-state index contributed by atoms with van der Waals surface area (Å²) >= 11 is 0. The Bertz CT molecular complexity index is 684. The fraction of sp³-hybridized carbons (Fsp3) is 0.467. The number of hydrogen-bond donors (Lipinski definition) is 2. The van der Waals surface area contributed by atoms with Gasteiger partial charge in [-0.2, -0.15) is 13.2 Å². The zero-order valence-corrected chi connectivity index (χ0v) is 15.3. The molecule has 5 nitrogen and oxygen atoms in total. The van der Waals surface area contributed by atoms with E-state index in [0.717, 1.165) is 12.1 Å². The highest BCUT2D eigenvalue weighted by Crippen LogP contribution is 2.37. The van der Waals surface area contributed by atoms with Crippen LogP contribution in [0.2, 0.25) is 0 Å². The van der Waals surface area contributed by atoms with Crippen molar-refractivity contribution in [2.24, 2.45) is 0 Å². The molecule has 0 aliphatic carbocycles. The molecule has 2 aliphatic heterocycles. The van der Waals surface area contributed by atoms with Gasteiger partial charge in [-0.1, -0.05) is 12.1 Å². The van der Waals surface area contributed by atoms with Crippen LogP contribution >= 0.6 is 0 Å². The molecule has 0 aromatic heterocycles. The van der Waals surface area contributed by atoms with Crippen LogP contribution in [-0.2, 0) is 20.9 Å². The van der Waals surface area contributed by atoms with Gasteiger partial charge in [-0.15, -0.1) is 0 Å². The third-order valence-electron chi connectivity index (χ3n) is 4.81. The summed E-state index contributed by atoms with van der Waals surface area (Å²) in [5.74, 6) is -0.427. The van der Waals surface area contributed by atoms with Crippen LogP contribution in [0, 0.1) is 0 Å². The minimum absolute atomic E-state index is 0.0843. The van der Waals surface area contributed by atoms with Crippen molar-refractivity contribution in [1.29, 1.82) is 0 Å². The predicted molar refractivity (Wildman–Crippen MR) is 84.2 cm³/mol. The fourth-order valence-electron chi connectivity index (χ4n) is 3.46. The smallest absolute Gasteiger partial charge is 0.345 e. The highest BCUT2D eigenvalue weighted by atomic mass is 28.1. The van der Waals surface area contributed by atoms with Crippen LogP contribution in [0.4, 0.5) is 13.2 Å². The number of alkyl halides is 3. The number of piperazine rings is 1. The highest BCUT2D eigenvalue weighted by molar-refractivity contribution is 6.18. The van der Waals surface area contributed by atoms with E-state index in [1.54, 1.807) is 11.8 Å². The molecule has 1 aromatic carbocycles. The van der Waals surface area contributed by atoms with Crippen LogP contribution in [-0.4, -0.2) is 52.1 Å². The monoisotopic (exact) mass is 357 g/mol. The Morgan fingerprint density at radius 3 is 2.12 bits per heavy atom. The zero-order valence-electron chi connectivity index (χ0n) is 13.3. The van der Waals surface area contributed by atoms with E-state index in [1.807, 2.05) is 0 Å². The van der Waals surface area contributed by atoms with Crippen LogP contribution in [0.3, 0.4) is 0 Å². The number of benzene rings is 1. The summed E-state index contributed by atoms with van der Waals surface area (Å²) in [7, 11) is 0.469. The summed E-state index contributed by atoms with van der Waals surface area (Å²) in [6.07, 6.45) is -4.40. The minimum atomic E-state index is -4.40. The van der Waals surface area contributed by atoms with Crippen molar-refractivity contribution in [1.82, 2.24) is 15.5 Å². The second kappa shape index (κ2) is 5.32. The van der Waals surface area contributed by atoms with Crippen LogP contribution in [0.5, 0.6) is 0 Å². The Morgan fingerprint density at radius 2 is 1.67 bits per heavy atom. The molecule has 0 saturated carbocycles. The molecular formula is C15H18F3N3O2Si. The molecule has 1 spiro atoms. The summed E-state index contributed by atoms with van der Waals surface area (Å²) in [6.45, 7) is 2.42. The lowest BCUT2D eigenvalue weighted by molar-refractivity contribution is -0.163. The maximum absolute atomic E-state index is 12.8. The van der Waals surface area contributed by atoms with Gasteiger partial charge in [0.2, 0.25) is 11.8 Å². The first-order chi connectivity index (χ1) is 11.1. The van der Waals surface area contributed by atoms with E-state index < -0.39 is 22.4 Å². The summed E-state index contributed by atoms with van der Waals surface area (Å²) in [5.41, 5.74) is -1.07. The molecule has 3 rings (SSSR count). The Balaban J connectivity index is 1.99. The summed E-state index contributed by atoms with van der Waals surface area (Å²) < 4.78 is 38.3. The second-order valence-electron chi connectivity index (χ2n) is 6.68. The van der Waals surface area contributed by atoms with E-state index in [-0.39, 0.29) is 18.4 Å². The highest BCUT2D eigenvalue weighted by Gasteiger charge is 2.58. The van der Waals surface area contributed by atoms with E-state index in [9.17, 15) is 22.8 Å². The molecule has 2 fully saturated rings. The summed E-state index contributed by atoms with van der Waals surface area (Å²) in [4.78, 5) is 26.4. The molecule has 0 bridgehead atoms. The molecule has 1 atom stereocenters. The normalized spacial score (nSPS) is 22.9. The van der Waals surface area contributed by atoms with E-state index >= 15 is 0 Å². The quantitative estimate of drug-likeness (QED) is 0.705. The van der Waals surface area contributed by atoms with Crippen molar-refractivity contribution in [2.45, 2.75) is 23.8 Å². The molecule has 2 amide bonds. The average molecular weight is 357 g/mol. The third-order valence-corrected chi connectivity index (χ3v) is 5.84. The van der Waals surface area contributed by atoms with Gasteiger partial charge >= 0.3 is 6.18 Å². The predicted octanol–water partition coefficient (Wildman–Crippen LogP) is -0.456. The molecule has 9 heteroatoms. The number of hydrogen-bond acceptors (Lipinski definition) is 3. The number of halogens is 3. The SMILES string of the molecule is CC([SiH3])(c1ccc(C(F)(F)F)cc1)N1C(=O)CNC(=O)C12CNC2. The van der Waals surface area contributed by atoms with Gasteiger partial charge in [0.25, 0.3) is 0 Å². The van der Waals surface area contributed by atoms with Gasteiger partial charge in [0.05, 0.1) is 12.1 Å². The first-order valence-electron chi connectivity index (χ1n) is 7.59. The number of amides is 2. The summed E-state index contributed by atoms with van der Waals surface area (Å²) in [6, 6.07) is 4.84. The fourth-order valence-corrected chi connectivity index (χ4v) is 4.47. The lowest BCUT2D eigenvalue weighted by Crippen LogP contribution is -2.82. The van der Waals surface area contributed by atoms with Gasteiger partial charge in [-0.3, -0.25) is 9.59 Å². The van der Waals surface area contributed by atoms with Gasteiger partial charge in [-0.25, -0.2) is 0 Å². The first kappa shape index (κ1) is 17.0. The lowest BCUT2D eigenvalue weighted by atomic mass is 9.84. The van der Waals surface area contributed by atoms with Crippen molar-refractivity contribution in [3.05, 3.63) is 35.4 Å². The Hall–Kier alpha value is -1.87.